The SMILES string of the molecule is CCN(CC(=O)Nc1ccc(NC(C)=O)cc1)C(=O)C(NC(=O)c1ccccc1C)C(C)C. The first-order valence-corrected chi connectivity index (χ1v) is 10.9. The second kappa shape index (κ2) is 11.8. The summed E-state index contributed by atoms with van der Waals surface area (Å²) in [5.74, 6) is -1.34. The number of nitrogens with zero attached hydrogens (tertiary/aromatic N) is 1. The molecule has 0 heterocycles. The van der Waals surface area contributed by atoms with Crippen LogP contribution in [0.1, 0.15) is 43.6 Å². The predicted molar refractivity (Wildman–Crippen MR) is 129 cm³/mol. The van der Waals surface area contributed by atoms with Crippen molar-refractivity contribution in [2.45, 2.75) is 40.7 Å². The second-order valence-corrected chi connectivity index (χ2v) is 8.17. The molecule has 8 heteroatoms. The fourth-order valence-corrected chi connectivity index (χ4v) is 3.32. The molecule has 0 aliphatic heterocycles. The summed E-state index contributed by atoms with van der Waals surface area (Å²) < 4.78 is 0. The van der Waals surface area contributed by atoms with Crippen molar-refractivity contribution >= 4 is 35.0 Å². The van der Waals surface area contributed by atoms with E-state index in [9.17, 15) is 19.2 Å². The van der Waals surface area contributed by atoms with Crippen molar-refractivity contribution in [1.82, 2.24) is 10.2 Å². The number of aryl methyl sites for hydroxylation is 1. The molecule has 3 N–H and O–H groups in total. The summed E-state index contributed by atoms with van der Waals surface area (Å²) in [6.07, 6.45) is 0. The Hall–Kier alpha value is -3.68. The molecule has 2 rings (SSSR count). The zero-order valence-corrected chi connectivity index (χ0v) is 19.8. The summed E-state index contributed by atoms with van der Waals surface area (Å²) in [5, 5.41) is 8.24. The van der Waals surface area contributed by atoms with Gasteiger partial charge in [-0.25, -0.2) is 0 Å². The molecule has 1 unspecified atom stereocenters. The molecule has 0 spiro atoms. The van der Waals surface area contributed by atoms with Gasteiger partial charge in [0.1, 0.15) is 6.04 Å². The summed E-state index contributed by atoms with van der Waals surface area (Å²) in [5.41, 5.74) is 2.50. The van der Waals surface area contributed by atoms with Crippen LogP contribution in [-0.2, 0) is 14.4 Å². The summed E-state index contributed by atoms with van der Waals surface area (Å²) in [7, 11) is 0. The average molecular weight is 453 g/mol. The van der Waals surface area contributed by atoms with Crippen LogP contribution in [0.3, 0.4) is 0 Å². The molecule has 176 valence electrons. The molecule has 0 bridgehead atoms. The van der Waals surface area contributed by atoms with E-state index < -0.39 is 6.04 Å². The van der Waals surface area contributed by atoms with Crippen molar-refractivity contribution in [2.24, 2.45) is 5.92 Å². The molecule has 4 amide bonds. The number of amides is 4. The van der Waals surface area contributed by atoms with E-state index in [1.807, 2.05) is 32.9 Å². The molecule has 0 aromatic heterocycles. The van der Waals surface area contributed by atoms with Crippen molar-refractivity contribution in [3.8, 4) is 0 Å². The maximum absolute atomic E-state index is 13.2. The second-order valence-electron chi connectivity index (χ2n) is 8.17. The Morgan fingerprint density at radius 3 is 2.00 bits per heavy atom. The topological polar surface area (TPSA) is 108 Å². The smallest absolute Gasteiger partial charge is 0.252 e. The van der Waals surface area contributed by atoms with Crippen LogP contribution in [0.2, 0.25) is 0 Å². The van der Waals surface area contributed by atoms with Crippen LogP contribution in [0.5, 0.6) is 0 Å². The first-order valence-electron chi connectivity index (χ1n) is 10.9. The van der Waals surface area contributed by atoms with Gasteiger partial charge in [-0.1, -0.05) is 32.0 Å². The van der Waals surface area contributed by atoms with Gasteiger partial charge in [0.25, 0.3) is 5.91 Å². The van der Waals surface area contributed by atoms with Crippen LogP contribution in [0.15, 0.2) is 48.5 Å². The lowest BCUT2D eigenvalue weighted by molar-refractivity contribution is -0.137. The van der Waals surface area contributed by atoms with Crippen LogP contribution in [0.4, 0.5) is 11.4 Å². The number of hydrogen-bond acceptors (Lipinski definition) is 4. The monoisotopic (exact) mass is 452 g/mol. The van der Waals surface area contributed by atoms with Crippen molar-refractivity contribution in [1.29, 1.82) is 0 Å². The first-order chi connectivity index (χ1) is 15.6. The van der Waals surface area contributed by atoms with E-state index in [1.54, 1.807) is 43.3 Å². The van der Waals surface area contributed by atoms with Gasteiger partial charge in [0, 0.05) is 30.4 Å². The minimum atomic E-state index is -0.762. The Morgan fingerprint density at radius 2 is 1.48 bits per heavy atom. The number of likely N-dealkylation sites (N-methyl/N-ethyl adjacent to an activating group) is 1. The molecule has 0 saturated carbocycles. The molecular weight excluding hydrogens is 420 g/mol. The number of rotatable bonds is 9. The summed E-state index contributed by atoms with van der Waals surface area (Å²) >= 11 is 0. The minimum Gasteiger partial charge on any atom is -0.340 e. The lowest BCUT2D eigenvalue weighted by Crippen LogP contribution is -2.52. The molecule has 0 saturated heterocycles. The van der Waals surface area contributed by atoms with E-state index in [0.29, 0.717) is 23.5 Å². The number of benzene rings is 2. The van der Waals surface area contributed by atoms with Crippen molar-refractivity contribution in [3.63, 3.8) is 0 Å². The molecule has 0 aliphatic carbocycles. The van der Waals surface area contributed by atoms with Gasteiger partial charge < -0.3 is 20.9 Å². The molecule has 0 aliphatic rings. The molecule has 2 aromatic carbocycles. The van der Waals surface area contributed by atoms with Gasteiger partial charge in [-0.2, -0.15) is 0 Å². The third kappa shape index (κ3) is 7.45. The lowest BCUT2D eigenvalue weighted by atomic mass is 10.0. The van der Waals surface area contributed by atoms with Gasteiger partial charge in [-0.3, -0.25) is 19.2 Å². The quantitative estimate of drug-likeness (QED) is 0.543. The molecule has 0 radical (unpaired) electrons. The van der Waals surface area contributed by atoms with Crippen molar-refractivity contribution in [3.05, 3.63) is 59.7 Å². The van der Waals surface area contributed by atoms with Gasteiger partial charge in [-0.05, 0) is 55.7 Å². The lowest BCUT2D eigenvalue weighted by Gasteiger charge is -2.29. The van der Waals surface area contributed by atoms with E-state index in [-0.39, 0.29) is 36.1 Å². The van der Waals surface area contributed by atoms with Crippen LogP contribution in [0, 0.1) is 12.8 Å². The van der Waals surface area contributed by atoms with Crippen LogP contribution in [0.25, 0.3) is 0 Å². The maximum atomic E-state index is 13.2. The largest absolute Gasteiger partial charge is 0.340 e. The average Bonchev–Trinajstić information content (AvgIpc) is 2.76. The normalized spacial score (nSPS) is 11.5. The number of carbonyl (C=O) groups excluding carboxylic acids is 4. The van der Waals surface area contributed by atoms with E-state index in [0.717, 1.165) is 5.56 Å². The number of hydrogen-bond donors (Lipinski definition) is 3. The molecule has 2 aromatic rings. The van der Waals surface area contributed by atoms with Crippen molar-refractivity contribution in [2.75, 3.05) is 23.7 Å². The van der Waals surface area contributed by atoms with E-state index in [2.05, 4.69) is 16.0 Å². The minimum absolute atomic E-state index is 0.147. The zero-order chi connectivity index (χ0) is 24.5. The Kier molecular flexibility index (Phi) is 9.15. The van der Waals surface area contributed by atoms with E-state index >= 15 is 0 Å². The van der Waals surface area contributed by atoms with Crippen LogP contribution < -0.4 is 16.0 Å². The van der Waals surface area contributed by atoms with Crippen LogP contribution >= 0.6 is 0 Å². The Labute approximate surface area is 194 Å². The summed E-state index contributed by atoms with van der Waals surface area (Å²) in [6, 6.07) is 13.1. The highest BCUT2D eigenvalue weighted by atomic mass is 16.2. The van der Waals surface area contributed by atoms with Gasteiger partial charge in [-0.15, -0.1) is 0 Å². The number of nitrogens with one attached hydrogen (secondary N) is 3. The highest BCUT2D eigenvalue weighted by molar-refractivity contribution is 6.00. The van der Waals surface area contributed by atoms with E-state index in [4.69, 9.17) is 0 Å². The maximum Gasteiger partial charge on any atom is 0.252 e. The highest BCUT2D eigenvalue weighted by Gasteiger charge is 2.29. The standard InChI is InChI=1S/C25H32N4O4/c1-6-29(15-22(31)27-20-13-11-19(12-14-20)26-18(5)30)25(33)23(16(2)3)28-24(32)21-10-8-7-9-17(21)4/h7-14,16,23H,6,15H2,1-5H3,(H,26,30)(H,27,31)(H,28,32). The molecule has 1 atom stereocenters. The van der Waals surface area contributed by atoms with Crippen LogP contribution in [-0.4, -0.2) is 47.7 Å². The third-order valence-corrected chi connectivity index (χ3v) is 5.13. The highest BCUT2D eigenvalue weighted by Crippen LogP contribution is 2.14. The first kappa shape index (κ1) is 25.6. The third-order valence-electron chi connectivity index (χ3n) is 5.13. The van der Waals surface area contributed by atoms with Gasteiger partial charge in [0.15, 0.2) is 0 Å². The summed E-state index contributed by atoms with van der Waals surface area (Å²) in [4.78, 5) is 51.1. The molecule has 8 nitrogen and oxygen atoms in total. The zero-order valence-electron chi connectivity index (χ0n) is 19.8. The van der Waals surface area contributed by atoms with Gasteiger partial charge in [0.2, 0.25) is 17.7 Å². The Balaban J connectivity index is 2.04. The molecule has 33 heavy (non-hydrogen) atoms. The molecular formula is C25H32N4O4. The fraction of sp³-hybridized carbons (Fsp3) is 0.360. The Morgan fingerprint density at radius 1 is 0.909 bits per heavy atom. The number of anilines is 2. The molecule has 0 fully saturated rings. The van der Waals surface area contributed by atoms with Crippen molar-refractivity contribution < 1.29 is 19.2 Å². The Bertz CT molecular complexity index is 1000. The fourth-order valence-electron chi connectivity index (χ4n) is 3.32. The summed E-state index contributed by atoms with van der Waals surface area (Å²) in [6.45, 7) is 8.92. The van der Waals surface area contributed by atoms with E-state index in [1.165, 1.54) is 11.8 Å². The number of carbonyl (C=O) groups is 4. The van der Waals surface area contributed by atoms with Gasteiger partial charge in [0.05, 0.1) is 6.54 Å². The van der Waals surface area contributed by atoms with Gasteiger partial charge >= 0.3 is 0 Å². The predicted octanol–water partition coefficient (Wildman–Crippen LogP) is 3.20.